The van der Waals surface area contributed by atoms with Crippen molar-refractivity contribution in [3.63, 3.8) is 0 Å². The summed E-state index contributed by atoms with van der Waals surface area (Å²) < 4.78 is 4.13. The Morgan fingerprint density at radius 3 is 2.15 bits per heavy atom. The number of carbonyl (C=O) groups excluding carboxylic acids is 2. The number of halogens is 2. The normalized spacial score (nSPS) is 23.9. The fourth-order valence-corrected chi connectivity index (χ4v) is 2.34. The second-order valence-electron chi connectivity index (χ2n) is 6.25. The number of ether oxygens (including phenoxy) is 1. The smallest absolute Gasteiger partial charge is 0.407 e. The summed E-state index contributed by atoms with van der Waals surface area (Å²) in [5.41, 5.74) is -1.21. The van der Waals surface area contributed by atoms with Gasteiger partial charge < -0.3 is 15.4 Å². The summed E-state index contributed by atoms with van der Waals surface area (Å²) >= 11 is 11.8. The molecule has 1 rings (SSSR count). The highest BCUT2D eigenvalue weighted by atomic mass is 35.5. The third-order valence-corrected chi connectivity index (χ3v) is 4.17. The molecule has 1 saturated carbocycles. The average molecular weight is 325 g/mol. The molecule has 1 aliphatic rings. The van der Waals surface area contributed by atoms with Crippen LogP contribution in [0.1, 0.15) is 40.5 Å². The maximum Gasteiger partial charge on any atom is 0.407 e. The zero-order valence-electron chi connectivity index (χ0n) is 12.3. The molecule has 0 bridgehead atoms. The molecule has 7 heteroatoms. The largest absolute Gasteiger partial charge is 0.444 e. The molecular weight excluding hydrogens is 303 g/mol. The lowest BCUT2D eigenvalue weighted by molar-refractivity contribution is -0.125. The fourth-order valence-electron chi connectivity index (χ4n) is 1.64. The van der Waals surface area contributed by atoms with Gasteiger partial charge in [0.25, 0.3) is 0 Å². The number of alkyl halides is 2. The molecule has 0 radical (unpaired) electrons. The third-order valence-electron chi connectivity index (χ3n) is 3.07. The van der Waals surface area contributed by atoms with Crippen LogP contribution in [0.2, 0.25) is 0 Å². The number of hydrogen-bond donors (Lipinski definition) is 2. The summed E-state index contributed by atoms with van der Waals surface area (Å²) in [5.74, 6) is -0.153. The van der Waals surface area contributed by atoms with E-state index in [1.54, 1.807) is 27.7 Å². The average Bonchev–Trinajstić information content (AvgIpc) is 2.76. The van der Waals surface area contributed by atoms with E-state index in [0.29, 0.717) is 25.9 Å². The van der Waals surface area contributed by atoms with Gasteiger partial charge in [-0.3, -0.25) is 4.79 Å². The summed E-state index contributed by atoms with van der Waals surface area (Å²) in [7, 11) is 0. The molecule has 0 aromatic carbocycles. The zero-order valence-corrected chi connectivity index (χ0v) is 13.8. The molecule has 5 nitrogen and oxygen atoms in total. The Hall–Kier alpha value is -0.680. The molecule has 0 aromatic rings. The van der Waals surface area contributed by atoms with E-state index < -0.39 is 21.4 Å². The lowest BCUT2D eigenvalue weighted by Gasteiger charge is -2.19. The molecule has 1 atom stereocenters. The van der Waals surface area contributed by atoms with Gasteiger partial charge in [-0.15, -0.1) is 23.2 Å². The van der Waals surface area contributed by atoms with E-state index in [1.807, 2.05) is 0 Å². The molecule has 2 amide bonds. The lowest BCUT2D eigenvalue weighted by Crippen LogP contribution is -2.36. The van der Waals surface area contributed by atoms with Crippen LogP contribution in [0.25, 0.3) is 0 Å². The van der Waals surface area contributed by atoms with Crippen LogP contribution in [0.5, 0.6) is 0 Å². The van der Waals surface area contributed by atoms with Crippen LogP contribution in [0.15, 0.2) is 0 Å². The SMILES string of the molecule is CC(C)(C)OC(=O)NCCCNC(=O)C1(C)CC1(Cl)Cl. The molecule has 1 unspecified atom stereocenters. The van der Waals surface area contributed by atoms with E-state index in [4.69, 9.17) is 27.9 Å². The second-order valence-corrected chi connectivity index (χ2v) is 7.74. The van der Waals surface area contributed by atoms with Crippen LogP contribution in [-0.2, 0) is 9.53 Å². The number of carbonyl (C=O) groups is 2. The van der Waals surface area contributed by atoms with E-state index >= 15 is 0 Å². The Kier molecular flexibility index (Phi) is 5.19. The molecule has 116 valence electrons. The van der Waals surface area contributed by atoms with Crippen molar-refractivity contribution in [2.75, 3.05) is 13.1 Å². The Morgan fingerprint density at radius 2 is 1.70 bits per heavy atom. The van der Waals surface area contributed by atoms with Crippen LogP contribution in [0, 0.1) is 5.41 Å². The van der Waals surface area contributed by atoms with E-state index in [2.05, 4.69) is 10.6 Å². The molecule has 2 N–H and O–H groups in total. The molecule has 0 aromatic heterocycles. The molecular formula is C13H22Cl2N2O3. The predicted octanol–water partition coefficient (Wildman–Crippen LogP) is 2.60. The minimum atomic E-state index is -0.953. The Morgan fingerprint density at radius 1 is 1.20 bits per heavy atom. The molecule has 0 saturated heterocycles. The van der Waals surface area contributed by atoms with Crippen molar-refractivity contribution in [3.8, 4) is 0 Å². The Labute approximate surface area is 129 Å². The first kappa shape index (κ1) is 17.4. The first-order valence-corrected chi connectivity index (χ1v) is 7.36. The van der Waals surface area contributed by atoms with Gasteiger partial charge >= 0.3 is 6.09 Å². The van der Waals surface area contributed by atoms with E-state index in [9.17, 15) is 9.59 Å². The molecule has 1 aliphatic carbocycles. The summed E-state index contributed by atoms with van der Waals surface area (Å²) in [4.78, 5) is 23.2. The van der Waals surface area contributed by atoms with Crippen molar-refractivity contribution in [3.05, 3.63) is 0 Å². The first-order chi connectivity index (χ1) is 8.98. The number of nitrogens with one attached hydrogen (secondary N) is 2. The van der Waals surface area contributed by atoms with Gasteiger partial charge in [-0.05, 0) is 40.5 Å². The Bertz CT molecular complexity index is 394. The second kappa shape index (κ2) is 5.98. The van der Waals surface area contributed by atoms with Gasteiger partial charge in [0.15, 0.2) is 0 Å². The van der Waals surface area contributed by atoms with Crippen LogP contribution >= 0.6 is 23.2 Å². The van der Waals surface area contributed by atoms with Crippen molar-refractivity contribution in [1.82, 2.24) is 10.6 Å². The quantitative estimate of drug-likeness (QED) is 0.603. The van der Waals surface area contributed by atoms with Crippen molar-refractivity contribution in [2.45, 2.75) is 50.5 Å². The summed E-state index contributed by atoms with van der Waals surface area (Å²) in [6, 6.07) is 0. The van der Waals surface area contributed by atoms with E-state index in [-0.39, 0.29) is 5.91 Å². The molecule has 0 heterocycles. The highest BCUT2D eigenvalue weighted by Gasteiger charge is 2.67. The van der Waals surface area contributed by atoms with E-state index in [0.717, 1.165) is 0 Å². The predicted molar refractivity (Wildman–Crippen MR) is 79.0 cm³/mol. The van der Waals surface area contributed by atoms with Crippen molar-refractivity contribution >= 4 is 35.2 Å². The number of amides is 2. The van der Waals surface area contributed by atoms with Gasteiger partial charge in [0.1, 0.15) is 9.93 Å². The number of hydrogen-bond acceptors (Lipinski definition) is 3. The van der Waals surface area contributed by atoms with Crippen LogP contribution in [0.3, 0.4) is 0 Å². The molecule has 0 spiro atoms. The van der Waals surface area contributed by atoms with Crippen LogP contribution in [0.4, 0.5) is 4.79 Å². The van der Waals surface area contributed by atoms with Gasteiger partial charge in [0.05, 0.1) is 5.41 Å². The van der Waals surface area contributed by atoms with Gasteiger partial charge in [-0.25, -0.2) is 4.79 Å². The maximum atomic E-state index is 11.8. The standard InChI is InChI=1S/C13H22Cl2N2O3/c1-11(2,3)20-10(19)17-7-5-6-16-9(18)12(4)8-13(12,14)15/h5-8H2,1-4H3,(H,16,18)(H,17,19). The first-order valence-electron chi connectivity index (χ1n) is 6.61. The van der Waals surface area contributed by atoms with Crippen LogP contribution < -0.4 is 10.6 Å². The minimum absolute atomic E-state index is 0.153. The van der Waals surface area contributed by atoms with E-state index in [1.165, 1.54) is 0 Å². The monoisotopic (exact) mass is 324 g/mol. The number of rotatable bonds is 5. The maximum absolute atomic E-state index is 11.8. The fraction of sp³-hybridized carbons (Fsp3) is 0.846. The Balaban J connectivity index is 2.12. The van der Waals surface area contributed by atoms with Crippen molar-refractivity contribution in [2.24, 2.45) is 5.41 Å². The highest BCUT2D eigenvalue weighted by molar-refractivity contribution is 6.53. The van der Waals surface area contributed by atoms with Gasteiger partial charge in [0, 0.05) is 13.1 Å². The molecule has 20 heavy (non-hydrogen) atoms. The van der Waals surface area contributed by atoms with Crippen molar-refractivity contribution < 1.29 is 14.3 Å². The zero-order chi connectivity index (χ0) is 15.6. The molecule has 0 aliphatic heterocycles. The lowest BCUT2D eigenvalue weighted by atomic mass is 10.1. The summed E-state index contributed by atoms with van der Waals surface area (Å²) in [5, 5.41) is 5.38. The molecule has 1 fully saturated rings. The van der Waals surface area contributed by atoms with Gasteiger partial charge in [0.2, 0.25) is 5.91 Å². The summed E-state index contributed by atoms with van der Waals surface area (Å²) in [6.07, 6.45) is 0.613. The minimum Gasteiger partial charge on any atom is -0.444 e. The van der Waals surface area contributed by atoms with Crippen LogP contribution in [-0.4, -0.2) is 35.0 Å². The van der Waals surface area contributed by atoms with Gasteiger partial charge in [-0.1, -0.05) is 0 Å². The van der Waals surface area contributed by atoms with Crippen molar-refractivity contribution in [1.29, 1.82) is 0 Å². The third kappa shape index (κ3) is 4.70. The van der Waals surface area contributed by atoms with Gasteiger partial charge in [-0.2, -0.15) is 0 Å². The summed E-state index contributed by atoms with van der Waals surface area (Å²) in [6.45, 7) is 8.02. The number of alkyl carbamates (subject to hydrolysis) is 1. The topological polar surface area (TPSA) is 67.4 Å². The highest BCUT2D eigenvalue weighted by Crippen LogP contribution is 2.63.